The summed E-state index contributed by atoms with van der Waals surface area (Å²) in [6.07, 6.45) is 0. The van der Waals surface area contributed by atoms with Crippen LogP contribution in [0.5, 0.6) is 5.75 Å². The maximum atomic E-state index is 13.0. The first-order chi connectivity index (χ1) is 17.4. The van der Waals surface area contributed by atoms with Gasteiger partial charge in [-0.3, -0.25) is 9.59 Å². The second-order valence-corrected chi connectivity index (χ2v) is 10.8. The maximum Gasteiger partial charge on any atom is 0.343 e. The minimum Gasteiger partial charge on any atom is -0.423 e. The molecule has 0 saturated carbocycles. The molecule has 3 aromatic carbocycles. The number of hydrogen-bond acceptors (Lipinski definition) is 5. The lowest BCUT2D eigenvalue weighted by atomic mass is 9.85. The van der Waals surface area contributed by atoms with Crippen molar-refractivity contribution in [3.8, 4) is 5.75 Å². The van der Waals surface area contributed by atoms with E-state index in [2.05, 4.69) is 26.1 Å². The molecule has 3 aromatic rings. The van der Waals surface area contributed by atoms with Crippen LogP contribution in [0.3, 0.4) is 0 Å². The van der Waals surface area contributed by atoms with Gasteiger partial charge in [0.05, 0.1) is 21.3 Å². The Morgan fingerprint density at radius 1 is 0.865 bits per heavy atom. The molecule has 1 aliphatic rings. The van der Waals surface area contributed by atoms with E-state index in [4.69, 9.17) is 39.5 Å². The minimum absolute atomic E-state index is 0.0949. The highest BCUT2D eigenvalue weighted by Crippen LogP contribution is 2.34. The van der Waals surface area contributed by atoms with Gasteiger partial charge in [0.2, 0.25) is 0 Å². The maximum absolute atomic E-state index is 13.0. The molecule has 2 amide bonds. The molecule has 0 atom stereocenters. The number of nitrogens with one attached hydrogen (secondary N) is 1. The monoisotopic (exact) mass is 556 g/mol. The number of ether oxygens (including phenoxy) is 1. The fraction of sp³-hybridized carbons (Fsp3) is 0.179. The molecule has 1 aliphatic heterocycles. The van der Waals surface area contributed by atoms with E-state index in [1.54, 1.807) is 30.3 Å². The normalized spacial score (nSPS) is 13.9. The van der Waals surface area contributed by atoms with Gasteiger partial charge in [0.1, 0.15) is 16.5 Å². The fourth-order valence-corrected chi connectivity index (χ4v) is 4.29. The number of carbonyl (C=O) groups is 3. The summed E-state index contributed by atoms with van der Waals surface area (Å²) in [5.74, 6) is -1.36. The largest absolute Gasteiger partial charge is 0.423 e. The molecule has 0 spiro atoms. The zero-order chi connectivity index (χ0) is 27.1. The third kappa shape index (κ3) is 5.52. The van der Waals surface area contributed by atoms with E-state index in [-0.39, 0.29) is 31.9 Å². The van der Waals surface area contributed by atoms with Gasteiger partial charge in [-0.1, -0.05) is 73.3 Å². The van der Waals surface area contributed by atoms with Gasteiger partial charge in [0.15, 0.2) is 0 Å². The van der Waals surface area contributed by atoms with E-state index < -0.39 is 17.8 Å². The predicted octanol–water partition coefficient (Wildman–Crippen LogP) is 7.25. The van der Waals surface area contributed by atoms with Crippen LogP contribution in [0.2, 0.25) is 10.0 Å². The predicted molar refractivity (Wildman–Crippen MR) is 147 cm³/mol. The van der Waals surface area contributed by atoms with Crippen LogP contribution in [-0.2, 0) is 15.0 Å². The molecule has 1 N–H and O–H groups in total. The minimum atomic E-state index is -0.694. The highest BCUT2D eigenvalue weighted by molar-refractivity contribution is 6.53. The van der Waals surface area contributed by atoms with Gasteiger partial charge < -0.3 is 10.1 Å². The van der Waals surface area contributed by atoms with Crippen molar-refractivity contribution in [1.29, 1.82) is 0 Å². The number of carbonyl (C=O) groups excluding carboxylic acids is 3. The summed E-state index contributed by atoms with van der Waals surface area (Å²) in [6, 6.07) is 16.4. The van der Waals surface area contributed by atoms with Crippen molar-refractivity contribution >= 4 is 64.0 Å². The van der Waals surface area contributed by atoms with Crippen molar-refractivity contribution in [2.45, 2.75) is 33.1 Å². The molecule has 9 heteroatoms. The Morgan fingerprint density at radius 3 is 2.16 bits per heavy atom. The Balaban J connectivity index is 1.50. The number of imide groups is 1. The summed E-state index contributed by atoms with van der Waals surface area (Å²) >= 11 is 18.2. The van der Waals surface area contributed by atoms with Gasteiger partial charge in [0.25, 0.3) is 11.8 Å². The molecule has 190 valence electrons. The molecular formula is C28H23Cl3N2O4. The molecule has 37 heavy (non-hydrogen) atoms. The summed E-state index contributed by atoms with van der Waals surface area (Å²) in [6.45, 7) is 8.14. The summed E-state index contributed by atoms with van der Waals surface area (Å²) in [7, 11) is 0. The van der Waals surface area contributed by atoms with Gasteiger partial charge >= 0.3 is 5.97 Å². The topological polar surface area (TPSA) is 75.7 Å². The second kappa shape index (κ2) is 10.2. The second-order valence-electron chi connectivity index (χ2n) is 9.57. The van der Waals surface area contributed by atoms with Gasteiger partial charge in [0, 0.05) is 11.3 Å². The molecule has 0 aliphatic carbocycles. The zero-order valence-corrected chi connectivity index (χ0v) is 22.8. The Morgan fingerprint density at radius 2 is 1.54 bits per heavy atom. The van der Waals surface area contributed by atoms with Crippen LogP contribution in [-0.4, -0.2) is 17.8 Å². The molecule has 1 heterocycles. The van der Waals surface area contributed by atoms with Crippen LogP contribution in [0.15, 0.2) is 71.4 Å². The number of anilines is 2. The quantitative estimate of drug-likeness (QED) is 0.203. The molecule has 0 unspecified atom stereocenters. The van der Waals surface area contributed by atoms with Crippen LogP contribution in [0.4, 0.5) is 11.4 Å². The van der Waals surface area contributed by atoms with E-state index in [0.29, 0.717) is 17.0 Å². The zero-order valence-electron chi connectivity index (χ0n) is 20.5. The number of esters is 1. The molecule has 0 aromatic heterocycles. The number of nitrogens with zero attached hydrogens (tertiary/aromatic N) is 1. The average Bonchev–Trinajstić information content (AvgIpc) is 3.05. The van der Waals surface area contributed by atoms with Crippen molar-refractivity contribution in [3.05, 3.63) is 98.1 Å². The van der Waals surface area contributed by atoms with Gasteiger partial charge in [-0.25, -0.2) is 9.69 Å². The number of hydrogen-bond donors (Lipinski definition) is 1. The lowest BCUT2D eigenvalue weighted by Gasteiger charge is -2.22. The Kier molecular flexibility index (Phi) is 7.38. The summed E-state index contributed by atoms with van der Waals surface area (Å²) in [5, 5.41) is 3.09. The third-order valence-electron chi connectivity index (χ3n) is 5.72. The highest BCUT2D eigenvalue weighted by Gasteiger charge is 2.39. The standard InChI is InChI=1S/C28H23Cl3N2O4/c1-15-5-12-22(19(13-15)28(2,3)4)37-27(36)16-6-8-17(9-7-16)32-24-23(31)25(34)33(26(24)35)18-10-11-20(29)21(30)14-18/h5-14,32H,1-4H3. The SMILES string of the molecule is Cc1ccc(OC(=O)c2ccc(NC3=C(Cl)C(=O)N(c4ccc(Cl)c(Cl)c4)C3=O)cc2)c(C(C)(C)C)c1. The van der Waals surface area contributed by atoms with Crippen LogP contribution in [0, 0.1) is 6.92 Å². The van der Waals surface area contributed by atoms with E-state index in [0.717, 1.165) is 16.0 Å². The first kappa shape index (κ1) is 26.7. The van der Waals surface area contributed by atoms with Crippen molar-refractivity contribution < 1.29 is 19.1 Å². The van der Waals surface area contributed by atoms with Gasteiger partial charge in [-0.05, 0) is 60.9 Å². The first-order valence-corrected chi connectivity index (χ1v) is 12.4. The molecule has 0 fully saturated rings. The van der Waals surface area contributed by atoms with E-state index >= 15 is 0 Å². The van der Waals surface area contributed by atoms with Crippen molar-refractivity contribution in [2.75, 3.05) is 10.2 Å². The summed E-state index contributed by atoms with van der Waals surface area (Å²) < 4.78 is 5.70. The average molecular weight is 558 g/mol. The molecular weight excluding hydrogens is 535 g/mol. The Bertz CT molecular complexity index is 1460. The molecule has 4 rings (SSSR count). The lowest BCUT2D eigenvalue weighted by Crippen LogP contribution is -2.32. The summed E-state index contributed by atoms with van der Waals surface area (Å²) in [5.41, 5.74) is 2.71. The smallest absolute Gasteiger partial charge is 0.343 e. The number of halogens is 3. The van der Waals surface area contributed by atoms with Gasteiger partial charge in [-0.2, -0.15) is 0 Å². The van der Waals surface area contributed by atoms with Gasteiger partial charge in [-0.15, -0.1) is 0 Å². The van der Waals surface area contributed by atoms with Crippen LogP contribution in [0.1, 0.15) is 42.3 Å². The summed E-state index contributed by atoms with van der Waals surface area (Å²) in [4.78, 5) is 39.4. The van der Waals surface area contributed by atoms with Crippen molar-refractivity contribution in [3.63, 3.8) is 0 Å². The fourth-order valence-electron chi connectivity index (χ4n) is 3.78. The van der Waals surface area contributed by atoms with E-state index in [1.807, 2.05) is 19.1 Å². The van der Waals surface area contributed by atoms with E-state index in [1.165, 1.54) is 18.2 Å². The van der Waals surface area contributed by atoms with Crippen LogP contribution in [0.25, 0.3) is 0 Å². The third-order valence-corrected chi connectivity index (χ3v) is 6.81. The molecule has 0 saturated heterocycles. The molecule has 0 radical (unpaired) electrons. The number of amides is 2. The Labute approximate surface area is 229 Å². The number of aryl methyl sites for hydroxylation is 1. The number of benzene rings is 3. The van der Waals surface area contributed by atoms with Crippen molar-refractivity contribution in [1.82, 2.24) is 0 Å². The lowest BCUT2D eigenvalue weighted by molar-refractivity contribution is -0.120. The number of rotatable bonds is 5. The molecule has 6 nitrogen and oxygen atoms in total. The molecule has 0 bridgehead atoms. The highest BCUT2D eigenvalue weighted by atomic mass is 35.5. The Hall–Kier alpha value is -3.32. The van der Waals surface area contributed by atoms with E-state index in [9.17, 15) is 14.4 Å². The van der Waals surface area contributed by atoms with Crippen LogP contribution >= 0.6 is 34.8 Å². The van der Waals surface area contributed by atoms with Crippen molar-refractivity contribution in [2.24, 2.45) is 0 Å². The van der Waals surface area contributed by atoms with Crippen LogP contribution < -0.4 is 15.0 Å². The first-order valence-electron chi connectivity index (χ1n) is 11.3.